The Bertz CT molecular complexity index is 436. The van der Waals surface area contributed by atoms with Gasteiger partial charge in [0.2, 0.25) is 0 Å². The maximum absolute atomic E-state index is 5.06. The van der Waals surface area contributed by atoms with Crippen LogP contribution in [0.5, 0.6) is 0 Å². The second kappa shape index (κ2) is 11.9. The fourth-order valence-corrected chi connectivity index (χ4v) is 2.16. The molecule has 0 aliphatic carbocycles. The summed E-state index contributed by atoms with van der Waals surface area (Å²) >= 11 is 0. The van der Waals surface area contributed by atoms with E-state index in [-0.39, 0.29) is 0 Å². The lowest BCUT2D eigenvalue weighted by Gasteiger charge is -2.24. The third-order valence-corrected chi connectivity index (χ3v) is 3.70. The zero-order valence-corrected chi connectivity index (χ0v) is 15.0. The van der Waals surface area contributed by atoms with Gasteiger partial charge in [0.25, 0.3) is 0 Å². The first kappa shape index (κ1) is 19.5. The number of likely N-dealkylation sites (N-methyl/N-ethyl adjacent to an activating group) is 1. The Morgan fingerprint density at radius 2 is 2.00 bits per heavy atom. The highest BCUT2D eigenvalue weighted by atomic mass is 16.5. The fourth-order valence-electron chi connectivity index (χ4n) is 2.16. The molecule has 23 heavy (non-hydrogen) atoms. The van der Waals surface area contributed by atoms with Gasteiger partial charge in [-0.1, -0.05) is 30.3 Å². The predicted octanol–water partition coefficient (Wildman–Crippen LogP) is 2.10. The third kappa shape index (κ3) is 8.57. The summed E-state index contributed by atoms with van der Waals surface area (Å²) < 4.78 is 5.06. The van der Waals surface area contributed by atoms with Crippen LogP contribution in [0.2, 0.25) is 0 Å². The number of rotatable bonds is 10. The lowest BCUT2D eigenvalue weighted by molar-refractivity contribution is 0.195. The van der Waals surface area contributed by atoms with Crippen LogP contribution in [-0.4, -0.2) is 57.3 Å². The van der Waals surface area contributed by atoms with Gasteiger partial charge in [0.05, 0.1) is 6.54 Å². The Morgan fingerprint density at radius 3 is 2.65 bits per heavy atom. The summed E-state index contributed by atoms with van der Waals surface area (Å²) in [5, 5.41) is 6.62. The minimum atomic E-state index is 0.379. The number of ether oxygens (including phenoxy) is 1. The molecule has 1 rings (SSSR count). The Balaban J connectivity index is 2.43. The molecule has 0 heterocycles. The van der Waals surface area contributed by atoms with Crippen LogP contribution in [0.25, 0.3) is 0 Å². The van der Waals surface area contributed by atoms with Crippen molar-refractivity contribution < 1.29 is 4.74 Å². The largest absolute Gasteiger partial charge is 0.385 e. The molecule has 0 aliphatic rings. The normalized spacial score (nSPS) is 13.2. The molecule has 1 unspecified atom stereocenters. The Morgan fingerprint density at radius 1 is 1.26 bits per heavy atom. The van der Waals surface area contributed by atoms with Crippen LogP contribution in [-0.2, 0) is 11.3 Å². The zero-order valence-electron chi connectivity index (χ0n) is 15.0. The average Bonchev–Trinajstić information content (AvgIpc) is 2.57. The van der Waals surface area contributed by atoms with Crippen molar-refractivity contribution >= 4 is 5.96 Å². The van der Waals surface area contributed by atoms with Gasteiger partial charge >= 0.3 is 0 Å². The molecule has 1 atom stereocenters. The van der Waals surface area contributed by atoms with Crippen molar-refractivity contribution in [1.29, 1.82) is 0 Å². The van der Waals surface area contributed by atoms with Crippen molar-refractivity contribution in [3.8, 4) is 0 Å². The second-order valence-corrected chi connectivity index (χ2v) is 5.74. The van der Waals surface area contributed by atoms with Gasteiger partial charge in [-0.15, -0.1) is 0 Å². The van der Waals surface area contributed by atoms with E-state index in [0.717, 1.165) is 45.2 Å². The van der Waals surface area contributed by atoms with Gasteiger partial charge in [-0.2, -0.15) is 0 Å². The van der Waals surface area contributed by atoms with Gasteiger partial charge in [-0.05, 0) is 32.9 Å². The van der Waals surface area contributed by atoms with E-state index in [1.807, 2.05) is 0 Å². The smallest absolute Gasteiger partial charge is 0.191 e. The zero-order chi connectivity index (χ0) is 16.9. The van der Waals surface area contributed by atoms with Gasteiger partial charge in [0.15, 0.2) is 5.96 Å². The maximum atomic E-state index is 5.06. The number of guanidine groups is 1. The molecule has 0 spiro atoms. The van der Waals surface area contributed by atoms with E-state index >= 15 is 0 Å². The monoisotopic (exact) mass is 320 g/mol. The molecule has 0 aromatic heterocycles. The van der Waals surface area contributed by atoms with E-state index in [1.165, 1.54) is 5.56 Å². The van der Waals surface area contributed by atoms with Crippen molar-refractivity contribution in [2.24, 2.45) is 4.99 Å². The Hall–Kier alpha value is -1.59. The highest BCUT2D eigenvalue weighted by Gasteiger charge is 2.09. The summed E-state index contributed by atoms with van der Waals surface area (Å²) in [7, 11) is 3.87. The van der Waals surface area contributed by atoms with E-state index in [9.17, 15) is 0 Å². The molecule has 0 radical (unpaired) electrons. The molecule has 1 aromatic rings. The quantitative estimate of drug-likeness (QED) is 0.394. The van der Waals surface area contributed by atoms with E-state index in [2.05, 4.69) is 71.8 Å². The highest BCUT2D eigenvalue weighted by Crippen LogP contribution is 2.06. The number of benzene rings is 1. The SMILES string of the molecule is CCNC(=NCC(C)N(C)Cc1ccccc1)NCCCOC. The number of nitrogens with zero attached hydrogens (tertiary/aromatic N) is 2. The molecule has 0 bridgehead atoms. The standard InChI is InChI=1S/C18H32N4O/c1-5-19-18(20-12-9-13-23-4)21-14-16(2)22(3)15-17-10-7-6-8-11-17/h6-8,10-11,16H,5,9,12-15H2,1-4H3,(H2,19,20,21). The minimum Gasteiger partial charge on any atom is -0.385 e. The van der Waals surface area contributed by atoms with Gasteiger partial charge in [0, 0.05) is 39.4 Å². The Labute approximate surface area is 141 Å². The van der Waals surface area contributed by atoms with E-state index < -0.39 is 0 Å². The summed E-state index contributed by atoms with van der Waals surface area (Å²) in [5.74, 6) is 0.878. The van der Waals surface area contributed by atoms with Crippen molar-refractivity contribution in [1.82, 2.24) is 15.5 Å². The molecule has 5 nitrogen and oxygen atoms in total. The molecular weight excluding hydrogens is 288 g/mol. The van der Waals surface area contributed by atoms with Crippen LogP contribution < -0.4 is 10.6 Å². The number of methoxy groups -OCH3 is 1. The van der Waals surface area contributed by atoms with Crippen molar-refractivity contribution in [3.63, 3.8) is 0 Å². The van der Waals surface area contributed by atoms with Crippen molar-refractivity contribution in [2.75, 3.05) is 40.4 Å². The van der Waals surface area contributed by atoms with E-state index in [1.54, 1.807) is 7.11 Å². The molecule has 130 valence electrons. The van der Waals surface area contributed by atoms with Gasteiger partial charge in [0.1, 0.15) is 0 Å². The maximum Gasteiger partial charge on any atom is 0.191 e. The van der Waals surface area contributed by atoms with Crippen molar-refractivity contribution in [3.05, 3.63) is 35.9 Å². The minimum absolute atomic E-state index is 0.379. The number of aliphatic imine (C=N–C) groups is 1. The number of hydrogen-bond acceptors (Lipinski definition) is 3. The first-order chi connectivity index (χ1) is 11.2. The first-order valence-corrected chi connectivity index (χ1v) is 8.42. The fraction of sp³-hybridized carbons (Fsp3) is 0.611. The predicted molar refractivity (Wildman–Crippen MR) is 97.8 cm³/mol. The lowest BCUT2D eigenvalue weighted by Crippen LogP contribution is -2.39. The molecule has 0 saturated carbocycles. The number of nitrogens with one attached hydrogen (secondary N) is 2. The third-order valence-electron chi connectivity index (χ3n) is 3.70. The molecule has 5 heteroatoms. The Kier molecular flexibility index (Phi) is 10.1. The molecular formula is C18H32N4O. The van der Waals surface area contributed by atoms with Gasteiger partial charge in [-0.3, -0.25) is 9.89 Å². The summed E-state index contributed by atoms with van der Waals surface area (Å²) in [6.07, 6.45) is 0.977. The van der Waals surface area contributed by atoms with Gasteiger partial charge < -0.3 is 15.4 Å². The molecule has 0 aliphatic heterocycles. The summed E-state index contributed by atoms with van der Waals surface area (Å²) in [4.78, 5) is 7.01. The van der Waals surface area contributed by atoms with Crippen LogP contribution in [0.4, 0.5) is 0 Å². The lowest BCUT2D eigenvalue weighted by atomic mass is 10.2. The molecule has 0 saturated heterocycles. The summed E-state index contributed by atoms with van der Waals surface area (Å²) in [6, 6.07) is 10.9. The number of hydrogen-bond donors (Lipinski definition) is 2. The van der Waals surface area contributed by atoms with Gasteiger partial charge in [-0.25, -0.2) is 0 Å². The molecule has 1 aromatic carbocycles. The highest BCUT2D eigenvalue weighted by molar-refractivity contribution is 5.79. The van der Waals surface area contributed by atoms with Crippen LogP contribution >= 0.6 is 0 Å². The van der Waals surface area contributed by atoms with Crippen LogP contribution in [0.1, 0.15) is 25.8 Å². The van der Waals surface area contributed by atoms with Crippen LogP contribution in [0.3, 0.4) is 0 Å². The van der Waals surface area contributed by atoms with E-state index in [4.69, 9.17) is 4.74 Å². The average molecular weight is 320 g/mol. The second-order valence-electron chi connectivity index (χ2n) is 5.74. The van der Waals surface area contributed by atoms with E-state index in [0.29, 0.717) is 6.04 Å². The van der Waals surface area contributed by atoms with Crippen molar-refractivity contribution in [2.45, 2.75) is 32.9 Å². The summed E-state index contributed by atoms with van der Waals surface area (Å²) in [5.41, 5.74) is 1.33. The first-order valence-electron chi connectivity index (χ1n) is 8.42. The summed E-state index contributed by atoms with van der Waals surface area (Å²) in [6.45, 7) is 8.50. The topological polar surface area (TPSA) is 48.9 Å². The van der Waals surface area contributed by atoms with Crippen LogP contribution in [0, 0.1) is 0 Å². The molecule has 0 fully saturated rings. The molecule has 2 N–H and O–H groups in total. The van der Waals surface area contributed by atoms with Crippen LogP contribution in [0.15, 0.2) is 35.3 Å². The molecule has 0 amide bonds.